The number of nitrogens with two attached hydrogens (primary N) is 2. The summed E-state index contributed by atoms with van der Waals surface area (Å²) in [6.45, 7) is 0. The van der Waals surface area contributed by atoms with Gasteiger partial charge in [-0.1, -0.05) is 25.7 Å². The highest BCUT2D eigenvalue weighted by molar-refractivity contribution is 5.19. The van der Waals surface area contributed by atoms with Gasteiger partial charge >= 0.3 is 0 Å². The van der Waals surface area contributed by atoms with E-state index in [0.29, 0.717) is 11.8 Å². The van der Waals surface area contributed by atoms with Gasteiger partial charge in [-0.3, -0.25) is 0 Å². The predicted molar refractivity (Wildman–Crippen MR) is 59.0 cm³/mol. The van der Waals surface area contributed by atoms with Crippen LogP contribution in [0.5, 0.6) is 0 Å². The second-order valence-corrected chi connectivity index (χ2v) is 4.49. The molecule has 15 heavy (non-hydrogen) atoms. The molecule has 0 aromatic carbocycles. The highest BCUT2D eigenvalue weighted by atomic mass is 15.4. The van der Waals surface area contributed by atoms with E-state index in [1.165, 1.54) is 12.8 Å². The molecule has 0 aliphatic heterocycles. The van der Waals surface area contributed by atoms with Crippen molar-refractivity contribution in [2.45, 2.75) is 44.1 Å². The first-order valence-electron chi connectivity index (χ1n) is 5.58. The Morgan fingerprint density at radius 2 is 1.80 bits per heavy atom. The number of aryl methyl sites for hydroxylation is 1. The minimum atomic E-state index is -0.355. The van der Waals surface area contributed by atoms with Crippen molar-refractivity contribution < 1.29 is 0 Å². The lowest BCUT2D eigenvalue weighted by molar-refractivity contribution is 0.361. The molecule has 1 heterocycles. The lowest BCUT2D eigenvalue weighted by Gasteiger charge is -2.24. The topological polar surface area (TPSA) is 82.8 Å². The predicted octanol–water partition coefficient (Wildman–Crippen LogP) is 0.905. The fraction of sp³-hybridized carbons (Fsp3) is 0.800. The number of aromatic nitrogens is 3. The largest absolute Gasteiger partial charge is 0.368 e. The Balaban J connectivity index is 2.26. The standard InChI is InChI=1S/C10H19N5/c1-15-9(11)13-8(14-15)10(12)6-4-2-3-5-7-10/h2-7,12H2,1H3,(H2,11,13,14). The van der Waals surface area contributed by atoms with Crippen LogP contribution < -0.4 is 11.5 Å². The van der Waals surface area contributed by atoms with Gasteiger partial charge in [0.1, 0.15) is 0 Å². The summed E-state index contributed by atoms with van der Waals surface area (Å²) < 4.78 is 1.59. The number of nitrogens with zero attached hydrogens (tertiary/aromatic N) is 3. The van der Waals surface area contributed by atoms with Crippen molar-refractivity contribution in [1.29, 1.82) is 0 Å². The summed E-state index contributed by atoms with van der Waals surface area (Å²) in [4.78, 5) is 4.25. The average molecular weight is 209 g/mol. The number of anilines is 1. The summed E-state index contributed by atoms with van der Waals surface area (Å²) in [5, 5.41) is 4.30. The van der Waals surface area contributed by atoms with Gasteiger partial charge in [-0.25, -0.2) is 4.68 Å². The van der Waals surface area contributed by atoms with Crippen LogP contribution in [0, 0.1) is 0 Å². The zero-order valence-electron chi connectivity index (χ0n) is 9.24. The van der Waals surface area contributed by atoms with Crippen LogP contribution in [0.15, 0.2) is 0 Å². The molecule has 84 valence electrons. The van der Waals surface area contributed by atoms with Crippen LogP contribution in [-0.4, -0.2) is 14.8 Å². The fourth-order valence-electron chi connectivity index (χ4n) is 2.19. The molecule has 5 nitrogen and oxygen atoms in total. The second kappa shape index (κ2) is 3.81. The first kappa shape index (κ1) is 10.4. The number of hydrogen-bond acceptors (Lipinski definition) is 4. The number of hydrogen-bond donors (Lipinski definition) is 2. The fourth-order valence-corrected chi connectivity index (χ4v) is 2.19. The van der Waals surface area contributed by atoms with Gasteiger partial charge in [-0.05, 0) is 12.8 Å². The molecular weight excluding hydrogens is 190 g/mol. The van der Waals surface area contributed by atoms with Crippen LogP contribution in [0.3, 0.4) is 0 Å². The molecule has 0 saturated heterocycles. The quantitative estimate of drug-likeness (QED) is 0.673. The summed E-state index contributed by atoms with van der Waals surface area (Å²) in [6.07, 6.45) is 6.79. The van der Waals surface area contributed by atoms with Crippen molar-refractivity contribution in [2.24, 2.45) is 12.8 Å². The molecule has 1 aromatic rings. The number of rotatable bonds is 1. The second-order valence-electron chi connectivity index (χ2n) is 4.49. The minimum absolute atomic E-state index is 0.355. The average Bonchev–Trinajstić information content (AvgIpc) is 2.42. The van der Waals surface area contributed by atoms with Crippen LogP contribution in [0.25, 0.3) is 0 Å². The molecule has 0 spiro atoms. The molecule has 1 aliphatic rings. The highest BCUT2D eigenvalue weighted by Gasteiger charge is 2.32. The van der Waals surface area contributed by atoms with Gasteiger partial charge in [0.2, 0.25) is 5.95 Å². The molecule has 1 fully saturated rings. The molecule has 0 amide bonds. The molecule has 1 aliphatic carbocycles. The molecule has 0 atom stereocenters. The Labute approximate surface area is 89.9 Å². The zero-order valence-corrected chi connectivity index (χ0v) is 9.24. The maximum absolute atomic E-state index is 6.37. The van der Waals surface area contributed by atoms with Gasteiger partial charge in [0.25, 0.3) is 0 Å². The zero-order chi connectivity index (χ0) is 10.9. The SMILES string of the molecule is Cn1nc(C2(N)CCCCCC2)nc1N. The molecule has 5 heteroatoms. The van der Waals surface area contributed by atoms with E-state index in [2.05, 4.69) is 10.1 Å². The summed E-state index contributed by atoms with van der Waals surface area (Å²) >= 11 is 0. The third-order valence-corrected chi connectivity index (χ3v) is 3.24. The van der Waals surface area contributed by atoms with E-state index in [4.69, 9.17) is 11.5 Å². The normalized spacial score (nSPS) is 21.2. The van der Waals surface area contributed by atoms with Crippen molar-refractivity contribution >= 4 is 5.95 Å². The van der Waals surface area contributed by atoms with E-state index in [1.54, 1.807) is 11.7 Å². The first-order valence-corrected chi connectivity index (χ1v) is 5.58. The van der Waals surface area contributed by atoms with Crippen LogP contribution in [-0.2, 0) is 12.6 Å². The monoisotopic (exact) mass is 209 g/mol. The van der Waals surface area contributed by atoms with E-state index >= 15 is 0 Å². The van der Waals surface area contributed by atoms with Gasteiger partial charge in [-0.2, -0.15) is 10.1 Å². The molecule has 0 radical (unpaired) electrons. The summed E-state index contributed by atoms with van der Waals surface area (Å²) in [6, 6.07) is 0. The third-order valence-electron chi connectivity index (χ3n) is 3.24. The molecule has 0 unspecified atom stereocenters. The van der Waals surface area contributed by atoms with Crippen LogP contribution in [0.1, 0.15) is 44.3 Å². The van der Waals surface area contributed by atoms with E-state index in [1.807, 2.05) is 0 Å². The lowest BCUT2D eigenvalue weighted by Crippen LogP contribution is -2.37. The summed E-state index contributed by atoms with van der Waals surface area (Å²) in [5.74, 6) is 1.16. The molecule has 1 saturated carbocycles. The van der Waals surface area contributed by atoms with E-state index in [-0.39, 0.29) is 5.54 Å². The molecule has 2 rings (SSSR count). The Hall–Kier alpha value is -1.10. The Morgan fingerprint density at radius 3 is 2.27 bits per heavy atom. The Kier molecular flexibility index (Phi) is 2.65. The van der Waals surface area contributed by atoms with Gasteiger partial charge in [0.05, 0.1) is 5.54 Å². The maximum atomic E-state index is 6.37. The van der Waals surface area contributed by atoms with Crippen molar-refractivity contribution in [3.63, 3.8) is 0 Å². The molecule has 4 N–H and O–H groups in total. The van der Waals surface area contributed by atoms with Gasteiger partial charge < -0.3 is 11.5 Å². The van der Waals surface area contributed by atoms with Crippen molar-refractivity contribution in [2.75, 3.05) is 5.73 Å². The molecular formula is C10H19N5. The Morgan fingerprint density at radius 1 is 1.20 bits per heavy atom. The van der Waals surface area contributed by atoms with Crippen molar-refractivity contribution in [1.82, 2.24) is 14.8 Å². The van der Waals surface area contributed by atoms with Gasteiger partial charge in [0.15, 0.2) is 5.82 Å². The maximum Gasteiger partial charge on any atom is 0.218 e. The molecule has 0 bridgehead atoms. The smallest absolute Gasteiger partial charge is 0.218 e. The van der Waals surface area contributed by atoms with Crippen LogP contribution in [0.2, 0.25) is 0 Å². The van der Waals surface area contributed by atoms with Crippen molar-refractivity contribution in [3.05, 3.63) is 5.82 Å². The van der Waals surface area contributed by atoms with E-state index in [0.717, 1.165) is 25.7 Å². The summed E-state index contributed by atoms with van der Waals surface area (Å²) in [5.41, 5.74) is 11.7. The van der Waals surface area contributed by atoms with Gasteiger partial charge in [0, 0.05) is 7.05 Å². The highest BCUT2D eigenvalue weighted by Crippen LogP contribution is 2.31. The van der Waals surface area contributed by atoms with E-state index in [9.17, 15) is 0 Å². The minimum Gasteiger partial charge on any atom is -0.368 e. The van der Waals surface area contributed by atoms with Crippen LogP contribution in [0.4, 0.5) is 5.95 Å². The third kappa shape index (κ3) is 1.97. The molecule has 1 aromatic heterocycles. The van der Waals surface area contributed by atoms with Crippen molar-refractivity contribution in [3.8, 4) is 0 Å². The summed E-state index contributed by atoms with van der Waals surface area (Å²) in [7, 11) is 1.80. The first-order chi connectivity index (χ1) is 7.12. The van der Waals surface area contributed by atoms with Gasteiger partial charge in [-0.15, -0.1) is 0 Å². The number of nitrogen functional groups attached to an aromatic ring is 1. The Bertz CT molecular complexity index is 316. The lowest BCUT2D eigenvalue weighted by atomic mass is 9.91. The van der Waals surface area contributed by atoms with E-state index < -0.39 is 0 Å². The van der Waals surface area contributed by atoms with Crippen LogP contribution >= 0.6 is 0 Å².